The molecule has 1 aliphatic heterocycles. The molecule has 2 aromatic rings. The number of carbonyl (C=O) groups is 1. The molecule has 1 amide bonds. The van der Waals surface area contributed by atoms with Crippen LogP contribution < -0.4 is 4.74 Å². The van der Waals surface area contributed by atoms with Gasteiger partial charge >= 0.3 is 0 Å². The Hall–Kier alpha value is -2.29. The summed E-state index contributed by atoms with van der Waals surface area (Å²) < 4.78 is 5.67. The van der Waals surface area contributed by atoms with Crippen LogP contribution in [0.25, 0.3) is 0 Å². The Morgan fingerprint density at radius 1 is 1.17 bits per heavy atom. The van der Waals surface area contributed by atoms with Crippen LogP contribution in [0.3, 0.4) is 0 Å². The molecule has 120 valence electrons. The second-order valence-electron chi connectivity index (χ2n) is 6.18. The summed E-state index contributed by atoms with van der Waals surface area (Å²) in [4.78, 5) is 14.5. The lowest BCUT2D eigenvalue weighted by Crippen LogP contribution is -2.39. The highest BCUT2D eigenvalue weighted by Gasteiger charge is 2.28. The fourth-order valence-electron chi connectivity index (χ4n) is 3.20. The number of hydrogen-bond acceptors (Lipinski definition) is 2. The zero-order valence-electron chi connectivity index (χ0n) is 13.6. The first-order valence-corrected chi connectivity index (χ1v) is 8.25. The molecule has 3 nitrogen and oxygen atoms in total. The number of hydrogen-bond donors (Lipinski definition) is 0. The molecule has 1 unspecified atom stereocenters. The van der Waals surface area contributed by atoms with E-state index in [1.165, 1.54) is 5.56 Å². The third-order valence-electron chi connectivity index (χ3n) is 4.36. The van der Waals surface area contributed by atoms with E-state index in [4.69, 9.17) is 4.74 Å². The lowest BCUT2D eigenvalue weighted by molar-refractivity contribution is -0.134. The second-order valence-corrected chi connectivity index (χ2v) is 6.18. The largest absolute Gasteiger partial charge is 0.484 e. The molecule has 0 bridgehead atoms. The Bertz CT molecular complexity index is 654. The summed E-state index contributed by atoms with van der Waals surface area (Å²) in [5, 5.41) is 0. The molecule has 2 aromatic carbocycles. The molecule has 1 fully saturated rings. The number of carbonyl (C=O) groups excluding carboxylic acids is 1. The van der Waals surface area contributed by atoms with E-state index in [9.17, 15) is 4.79 Å². The van der Waals surface area contributed by atoms with Gasteiger partial charge in [0.2, 0.25) is 0 Å². The first-order valence-electron chi connectivity index (χ1n) is 8.25. The van der Waals surface area contributed by atoms with Gasteiger partial charge in [0.1, 0.15) is 5.75 Å². The molecular formula is C20H23NO2. The number of amides is 1. The average Bonchev–Trinajstić information content (AvgIpc) is 3.02. The molecule has 0 spiro atoms. The maximum absolute atomic E-state index is 12.5. The average molecular weight is 309 g/mol. The number of benzene rings is 2. The second kappa shape index (κ2) is 7.32. The summed E-state index contributed by atoms with van der Waals surface area (Å²) >= 11 is 0. The minimum Gasteiger partial charge on any atom is -0.484 e. The number of rotatable bonds is 5. The van der Waals surface area contributed by atoms with E-state index in [1.54, 1.807) is 0 Å². The highest BCUT2D eigenvalue weighted by Crippen LogP contribution is 2.22. The standard InChI is InChI=1S/C20H23NO2/c1-16-7-5-11-19(13-16)23-15-20(22)21-12-6-10-18(21)14-17-8-3-2-4-9-17/h2-5,7-9,11,13,18H,6,10,12,14-15H2,1H3. The number of aryl methyl sites for hydroxylation is 1. The topological polar surface area (TPSA) is 29.5 Å². The van der Waals surface area contributed by atoms with Gasteiger partial charge < -0.3 is 9.64 Å². The molecule has 1 saturated heterocycles. The molecule has 3 rings (SSSR count). The van der Waals surface area contributed by atoms with Crippen LogP contribution in [-0.4, -0.2) is 30.0 Å². The van der Waals surface area contributed by atoms with Gasteiger partial charge in [0.15, 0.2) is 6.61 Å². The first-order chi connectivity index (χ1) is 11.2. The van der Waals surface area contributed by atoms with Crippen molar-refractivity contribution in [3.05, 3.63) is 65.7 Å². The smallest absolute Gasteiger partial charge is 0.260 e. The van der Waals surface area contributed by atoms with Crippen LogP contribution in [0, 0.1) is 6.92 Å². The molecule has 23 heavy (non-hydrogen) atoms. The molecule has 0 aromatic heterocycles. The van der Waals surface area contributed by atoms with E-state index < -0.39 is 0 Å². The van der Waals surface area contributed by atoms with E-state index in [-0.39, 0.29) is 12.5 Å². The highest BCUT2D eigenvalue weighted by atomic mass is 16.5. The van der Waals surface area contributed by atoms with Crippen molar-refractivity contribution in [1.29, 1.82) is 0 Å². The van der Waals surface area contributed by atoms with E-state index >= 15 is 0 Å². The van der Waals surface area contributed by atoms with Gasteiger partial charge in [-0.25, -0.2) is 0 Å². The molecule has 0 aliphatic carbocycles. The highest BCUT2D eigenvalue weighted by molar-refractivity contribution is 5.78. The SMILES string of the molecule is Cc1cccc(OCC(=O)N2CCCC2Cc2ccccc2)c1. The van der Waals surface area contributed by atoms with Crippen molar-refractivity contribution in [3.8, 4) is 5.75 Å². The summed E-state index contributed by atoms with van der Waals surface area (Å²) in [5.74, 6) is 0.849. The van der Waals surface area contributed by atoms with Gasteiger partial charge in [0.25, 0.3) is 5.91 Å². The Morgan fingerprint density at radius 3 is 2.78 bits per heavy atom. The van der Waals surface area contributed by atoms with Crippen molar-refractivity contribution < 1.29 is 9.53 Å². The zero-order valence-corrected chi connectivity index (χ0v) is 13.6. The number of nitrogens with zero attached hydrogens (tertiary/aromatic N) is 1. The van der Waals surface area contributed by atoms with E-state index in [0.29, 0.717) is 6.04 Å². The normalized spacial score (nSPS) is 17.3. The van der Waals surface area contributed by atoms with Crippen LogP contribution in [0.4, 0.5) is 0 Å². The molecule has 1 heterocycles. The molecular weight excluding hydrogens is 286 g/mol. The summed E-state index contributed by atoms with van der Waals surface area (Å²) in [6, 6.07) is 18.5. The van der Waals surface area contributed by atoms with Crippen molar-refractivity contribution in [2.24, 2.45) is 0 Å². The van der Waals surface area contributed by atoms with Crippen LogP contribution in [0.15, 0.2) is 54.6 Å². The Kier molecular flexibility index (Phi) is 4.96. The lowest BCUT2D eigenvalue weighted by atomic mass is 10.0. The van der Waals surface area contributed by atoms with Crippen LogP contribution in [-0.2, 0) is 11.2 Å². The maximum atomic E-state index is 12.5. The Labute approximate surface area is 137 Å². The van der Waals surface area contributed by atoms with Crippen molar-refractivity contribution in [1.82, 2.24) is 4.90 Å². The first kappa shape index (κ1) is 15.6. The summed E-state index contributed by atoms with van der Waals surface area (Å²) in [5.41, 5.74) is 2.43. The van der Waals surface area contributed by atoms with Gasteiger partial charge in [-0.3, -0.25) is 4.79 Å². The summed E-state index contributed by atoms with van der Waals surface area (Å²) in [7, 11) is 0. The van der Waals surface area contributed by atoms with Crippen molar-refractivity contribution in [2.45, 2.75) is 32.2 Å². The van der Waals surface area contributed by atoms with Crippen LogP contribution in [0.5, 0.6) is 5.75 Å². The predicted octanol–water partition coefficient (Wildman–Crippen LogP) is 3.61. The van der Waals surface area contributed by atoms with Crippen LogP contribution in [0.2, 0.25) is 0 Å². The minimum absolute atomic E-state index is 0.0879. The van der Waals surface area contributed by atoms with Gasteiger partial charge in [-0.1, -0.05) is 42.5 Å². The maximum Gasteiger partial charge on any atom is 0.260 e. The Morgan fingerprint density at radius 2 is 2.00 bits per heavy atom. The molecule has 0 radical (unpaired) electrons. The van der Waals surface area contributed by atoms with Crippen molar-refractivity contribution >= 4 is 5.91 Å². The molecule has 0 N–H and O–H groups in total. The molecule has 3 heteroatoms. The molecule has 1 aliphatic rings. The van der Waals surface area contributed by atoms with Gasteiger partial charge in [-0.2, -0.15) is 0 Å². The number of likely N-dealkylation sites (tertiary alicyclic amines) is 1. The molecule has 1 atom stereocenters. The van der Waals surface area contributed by atoms with E-state index in [0.717, 1.165) is 37.1 Å². The molecule has 0 saturated carbocycles. The fraction of sp³-hybridized carbons (Fsp3) is 0.350. The lowest BCUT2D eigenvalue weighted by Gasteiger charge is -2.25. The van der Waals surface area contributed by atoms with Gasteiger partial charge in [-0.15, -0.1) is 0 Å². The van der Waals surface area contributed by atoms with E-state index in [2.05, 4.69) is 24.3 Å². The summed E-state index contributed by atoms with van der Waals surface area (Å²) in [6.45, 7) is 2.98. The van der Waals surface area contributed by atoms with Crippen molar-refractivity contribution in [3.63, 3.8) is 0 Å². The minimum atomic E-state index is 0.0879. The van der Waals surface area contributed by atoms with Crippen molar-refractivity contribution in [2.75, 3.05) is 13.2 Å². The van der Waals surface area contributed by atoms with Crippen LogP contribution >= 0.6 is 0 Å². The quantitative estimate of drug-likeness (QED) is 0.844. The van der Waals surface area contributed by atoms with Crippen LogP contribution in [0.1, 0.15) is 24.0 Å². The third-order valence-corrected chi connectivity index (χ3v) is 4.36. The number of ether oxygens (including phenoxy) is 1. The van der Waals surface area contributed by atoms with Gasteiger partial charge in [0.05, 0.1) is 0 Å². The third kappa shape index (κ3) is 4.13. The van der Waals surface area contributed by atoms with Gasteiger partial charge in [-0.05, 0) is 49.4 Å². The zero-order chi connectivity index (χ0) is 16.1. The van der Waals surface area contributed by atoms with E-state index in [1.807, 2.05) is 42.2 Å². The predicted molar refractivity (Wildman–Crippen MR) is 91.6 cm³/mol. The monoisotopic (exact) mass is 309 g/mol. The fourth-order valence-corrected chi connectivity index (χ4v) is 3.20. The van der Waals surface area contributed by atoms with Gasteiger partial charge in [0, 0.05) is 12.6 Å². The Balaban J connectivity index is 1.57. The summed E-state index contributed by atoms with van der Waals surface area (Å²) in [6.07, 6.45) is 3.08.